The number of carbonyl (C=O) groups is 1. The summed E-state index contributed by atoms with van der Waals surface area (Å²) in [5, 5.41) is 14.7. The van der Waals surface area contributed by atoms with Gasteiger partial charge in [0.15, 0.2) is 5.82 Å². The third-order valence-corrected chi connectivity index (χ3v) is 2.16. The lowest BCUT2D eigenvalue weighted by atomic mass is 10.2. The zero-order chi connectivity index (χ0) is 13.0. The molecule has 0 aliphatic rings. The van der Waals surface area contributed by atoms with E-state index in [0.717, 1.165) is 0 Å². The van der Waals surface area contributed by atoms with Gasteiger partial charge in [0, 0.05) is 11.3 Å². The van der Waals surface area contributed by atoms with Gasteiger partial charge < -0.3 is 9.84 Å². The SMILES string of the molecule is Cc1noc(-c2cccc(NC(=O)CC#N)c2)n1. The fourth-order valence-electron chi connectivity index (χ4n) is 1.42. The number of aromatic nitrogens is 2. The normalized spacial score (nSPS) is 9.78. The molecule has 0 spiro atoms. The number of carbonyl (C=O) groups excluding carboxylic acids is 1. The van der Waals surface area contributed by atoms with Crippen LogP contribution in [0.15, 0.2) is 28.8 Å². The number of nitriles is 1. The molecule has 1 heterocycles. The first kappa shape index (κ1) is 11.8. The predicted molar refractivity (Wildman–Crippen MR) is 63.3 cm³/mol. The number of nitrogens with zero attached hydrogens (tertiary/aromatic N) is 3. The number of aryl methyl sites for hydroxylation is 1. The summed E-state index contributed by atoms with van der Waals surface area (Å²) in [5.41, 5.74) is 1.30. The van der Waals surface area contributed by atoms with Crippen LogP contribution >= 0.6 is 0 Å². The van der Waals surface area contributed by atoms with Crippen molar-refractivity contribution in [3.8, 4) is 17.5 Å². The van der Waals surface area contributed by atoms with Crippen LogP contribution in [-0.4, -0.2) is 16.0 Å². The van der Waals surface area contributed by atoms with Crippen molar-refractivity contribution >= 4 is 11.6 Å². The van der Waals surface area contributed by atoms with E-state index in [1.807, 2.05) is 0 Å². The van der Waals surface area contributed by atoms with Gasteiger partial charge in [-0.1, -0.05) is 11.2 Å². The molecular formula is C12H10N4O2. The first-order valence-corrected chi connectivity index (χ1v) is 5.26. The lowest BCUT2D eigenvalue weighted by Crippen LogP contribution is -2.09. The molecule has 90 valence electrons. The van der Waals surface area contributed by atoms with E-state index >= 15 is 0 Å². The largest absolute Gasteiger partial charge is 0.334 e. The van der Waals surface area contributed by atoms with Gasteiger partial charge in [0.25, 0.3) is 5.89 Å². The second-order valence-electron chi connectivity index (χ2n) is 3.61. The Morgan fingerprint density at radius 2 is 2.39 bits per heavy atom. The molecule has 0 unspecified atom stereocenters. The maximum Gasteiger partial charge on any atom is 0.257 e. The highest BCUT2D eigenvalue weighted by Gasteiger charge is 2.08. The maximum atomic E-state index is 11.3. The van der Waals surface area contributed by atoms with E-state index in [1.54, 1.807) is 37.3 Å². The molecule has 1 aromatic heterocycles. The van der Waals surface area contributed by atoms with Crippen molar-refractivity contribution < 1.29 is 9.32 Å². The molecule has 0 atom stereocenters. The van der Waals surface area contributed by atoms with Crippen molar-refractivity contribution in [2.45, 2.75) is 13.3 Å². The second-order valence-corrected chi connectivity index (χ2v) is 3.61. The molecule has 1 amide bonds. The van der Waals surface area contributed by atoms with Gasteiger partial charge in [0.2, 0.25) is 5.91 Å². The summed E-state index contributed by atoms with van der Waals surface area (Å²) in [6, 6.07) is 8.78. The Morgan fingerprint density at radius 1 is 1.56 bits per heavy atom. The van der Waals surface area contributed by atoms with Crippen LogP contribution in [0.4, 0.5) is 5.69 Å². The minimum atomic E-state index is -0.351. The summed E-state index contributed by atoms with van der Waals surface area (Å²) in [7, 11) is 0. The van der Waals surface area contributed by atoms with E-state index in [1.165, 1.54) is 0 Å². The number of hydrogen-bond acceptors (Lipinski definition) is 5. The third kappa shape index (κ3) is 2.71. The van der Waals surface area contributed by atoms with Crippen molar-refractivity contribution in [1.82, 2.24) is 10.1 Å². The summed E-state index contributed by atoms with van der Waals surface area (Å²) in [6.45, 7) is 1.73. The van der Waals surface area contributed by atoms with Crippen LogP contribution in [-0.2, 0) is 4.79 Å². The topological polar surface area (TPSA) is 91.8 Å². The average molecular weight is 242 g/mol. The summed E-state index contributed by atoms with van der Waals surface area (Å²) in [5.74, 6) is 0.587. The first-order chi connectivity index (χ1) is 8.69. The van der Waals surface area contributed by atoms with Gasteiger partial charge in [0.1, 0.15) is 6.42 Å². The number of anilines is 1. The Balaban J connectivity index is 2.20. The number of hydrogen-bond donors (Lipinski definition) is 1. The van der Waals surface area contributed by atoms with Crippen molar-refractivity contribution in [2.75, 3.05) is 5.32 Å². The molecule has 0 radical (unpaired) electrons. The van der Waals surface area contributed by atoms with Crippen molar-refractivity contribution in [1.29, 1.82) is 5.26 Å². The van der Waals surface area contributed by atoms with Crippen LogP contribution in [0.3, 0.4) is 0 Å². The molecule has 1 N–H and O–H groups in total. The van der Waals surface area contributed by atoms with Crippen molar-refractivity contribution in [3.05, 3.63) is 30.1 Å². The molecule has 0 saturated heterocycles. The Labute approximate surface area is 103 Å². The number of rotatable bonds is 3. The van der Waals surface area contributed by atoms with E-state index < -0.39 is 0 Å². The molecule has 0 saturated carbocycles. The van der Waals surface area contributed by atoms with Crippen LogP contribution in [0.25, 0.3) is 11.5 Å². The minimum absolute atomic E-state index is 0.177. The standard InChI is InChI=1S/C12H10N4O2/c1-8-14-12(18-16-8)9-3-2-4-10(7-9)15-11(17)5-6-13/h2-4,7H,5H2,1H3,(H,15,17). The maximum absolute atomic E-state index is 11.3. The van der Waals surface area contributed by atoms with Gasteiger partial charge in [-0.2, -0.15) is 10.2 Å². The molecule has 18 heavy (non-hydrogen) atoms. The Hall–Kier alpha value is -2.68. The molecule has 0 aliphatic carbocycles. The summed E-state index contributed by atoms with van der Waals surface area (Å²) >= 11 is 0. The van der Waals surface area contributed by atoms with Gasteiger partial charge in [-0.05, 0) is 25.1 Å². The molecule has 2 rings (SSSR count). The van der Waals surface area contributed by atoms with Crippen LogP contribution in [0, 0.1) is 18.3 Å². The summed E-state index contributed by atoms with van der Waals surface area (Å²) < 4.78 is 5.03. The zero-order valence-electron chi connectivity index (χ0n) is 9.67. The lowest BCUT2D eigenvalue weighted by molar-refractivity contribution is -0.115. The molecule has 2 aromatic rings. The van der Waals surface area contributed by atoms with Gasteiger partial charge >= 0.3 is 0 Å². The van der Waals surface area contributed by atoms with E-state index in [4.69, 9.17) is 9.78 Å². The Morgan fingerprint density at radius 3 is 3.06 bits per heavy atom. The van der Waals surface area contributed by atoms with Gasteiger partial charge in [0.05, 0.1) is 6.07 Å². The monoisotopic (exact) mass is 242 g/mol. The predicted octanol–water partition coefficient (Wildman–Crippen LogP) is 1.90. The van der Waals surface area contributed by atoms with Crippen LogP contribution in [0.2, 0.25) is 0 Å². The Bertz CT molecular complexity index is 613. The highest BCUT2D eigenvalue weighted by Crippen LogP contribution is 2.20. The van der Waals surface area contributed by atoms with E-state index in [-0.39, 0.29) is 12.3 Å². The summed E-state index contributed by atoms with van der Waals surface area (Å²) in [6.07, 6.45) is -0.177. The molecule has 0 bridgehead atoms. The molecule has 1 aromatic carbocycles. The molecule has 6 nitrogen and oxygen atoms in total. The highest BCUT2D eigenvalue weighted by molar-refractivity contribution is 5.92. The third-order valence-electron chi connectivity index (χ3n) is 2.16. The quantitative estimate of drug-likeness (QED) is 0.887. The Kier molecular flexibility index (Phi) is 3.34. The minimum Gasteiger partial charge on any atom is -0.334 e. The van der Waals surface area contributed by atoms with Gasteiger partial charge in [-0.3, -0.25) is 4.79 Å². The van der Waals surface area contributed by atoms with E-state index in [2.05, 4.69) is 15.5 Å². The summed E-state index contributed by atoms with van der Waals surface area (Å²) in [4.78, 5) is 15.4. The van der Waals surface area contributed by atoms with Crippen LogP contribution in [0.5, 0.6) is 0 Å². The van der Waals surface area contributed by atoms with Crippen molar-refractivity contribution in [3.63, 3.8) is 0 Å². The molecule has 0 aliphatic heterocycles. The molecule has 0 fully saturated rings. The van der Waals surface area contributed by atoms with Crippen LogP contribution < -0.4 is 5.32 Å². The number of nitrogens with one attached hydrogen (secondary N) is 1. The van der Waals surface area contributed by atoms with Gasteiger partial charge in [-0.15, -0.1) is 0 Å². The number of amides is 1. The van der Waals surface area contributed by atoms with E-state index in [9.17, 15) is 4.79 Å². The van der Waals surface area contributed by atoms with Crippen molar-refractivity contribution in [2.24, 2.45) is 0 Å². The fraction of sp³-hybridized carbons (Fsp3) is 0.167. The number of benzene rings is 1. The molecular weight excluding hydrogens is 232 g/mol. The highest BCUT2D eigenvalue weighted by atomic mass is 16.5. The fourth-order valence-corrected chi connectivity index (χ4v) is 1.42. The molecule has 6 heteroatoms. The zero-order valence-corrected chi connectivity index (χ0v) is 9.67. The van der Waals surface area contributed by atoms with Crippen LogP contribution in [0.1, 0.15) is 12.2 Å². The lowest BCUT2D eigenvalue weighted by Gasteiger charge is -2.03. The average Bonchev–Trinajstić information content (AvgIpc) is 2.76. The smallest absolute Gasteiger partial charge is 0.257 e. The second kappa shape index (κ2) is 5.10. The first-order valence-electron chi connectivity index (χ1n) is 5.26. The van der Waals surface area contributed by atoms with E-state index in [0.29, 0.717) is 23.0 Å². The van der Waals surface area contributed by atoms with Gasteiger partial charge in [-0.25, -0.2) is 0 Å².